The fourth-order valence-electron chi connectivity index (χ4n) is 3.53. The van der Waals surface area contributed by atoms with Gasteiger partial charge in [-0.25, -0.2) is 9.97 Å². The van der Waals surface area contributed by atoms with Crippen LogP contribution in [0.5, 0.6) is 0 Å². The second kappa shape index (κ2) is 8.31. The van der Waals surface area contributed by atoms with Crippen molar-refractivity contribution in [3.05, 3.63) is 78.0 Å². The zero-order valence-electron chi connectivity index (χ0n) is 15.9. The largest absolute Gasteiger partial charge is 0.354 e. The lowest BCUT2D eigenvalue weighted by Gasteiger charge is -2.35. The maximum atomic E-state index is 4.79. The van der Waals surface area contributed by atoms with E-state index in [1.165, 1.54) is 11.1 Å². The third-order valence-corrected chi connectivity index (χ3v) is 5.21. The number of anilines is 1. The Bertz CT molecular complexity index is 853. The van der Waals surface area contributed by atoms with Crippen molar-refractivity contribution in [3.63, 3.8) is 0 Å². The van der Waals surface area contributed by atoms with Crippen LogP contribution in [0.4, 0.5) is 5.82 Å². The molecule has 1 aromatic heterocycles. The number of aromatic nitrogens is 2. The Balaban J connectivity index is 1.37. The van der Waals surface area contributed by atoms with Crippen LogP contribution in [0.3, 0.4) is 0 Å². The van der Waals surface area contributed by atoms with E-state index in [1.54, 1.807) is 0 Å². The highest BCUT2D eigenvalue weighted by Gasteiger charge is 2.18. The first-order valence-electron chi connectivity index (χ1n) is 9.75. The Morgan fingerprint density at radius 1 is 0.815 bits per heavy atom. The summed E-state index contributed by atoms with van der Waals surface area (Å²) in [5.74, 6) is 1.82. The molecule has 2 heterocycles. The Labute approximate surface area is 161 Å². The van der Waals surface area contributed by atoms with Gasteiger partial charge in [-0.3, -0.25) is 4.90 Å². The van der Waals surface area contributed by atoms with Crippen molar-refractivity contribution >= 4 is 5.82 Å². The molecule has 0 saturated carbocycles. The molecule has 0 radical (unpaired) electrons. The monoisotopic (exact) mass is 358 g/mol. The van der Waals surface area contributed by atoms with Crippen LogP contribution in [0.25, 0.3) is 11.4 Å². The average Bonchev–Trinajstić information content (AvgIpc) is 2.75. The van der Waals surface area contributed by atoms with Gasteiger partial charge in [0, 0.05) is 44.5 Å². The van der Waals surface area contributed by atoms with Gasteiger partial charge in [0.1, 0.15) is 5.82 Å². The van der Waals surface area contributed by atoms with Gasteiger partial charge in [0.15, 0.2) is 5.82 Å². The highest BCUT2D eigenvalue weighted by Crippen LogP contribution is 2.19. The number of hydrogen-bond donors (Lipinski definition) is 0. The second-order valence-corrected chi connectivity index (χ2v) is 7.04. The fraction of sp³-hybridized carbons (Fsp3) is 0.304. The molecule has 4 nitrogen and oxygen atoms in total. The molecule has 1 aliphatic heterocycles. The predicted molar refractivity (Wildman–Crippen MR) is 111 cm³/mol. The second-order valence-electron chi connectivity index (χ2n) is 7.04. The van der Waals surface area contributed by atoms with Crippen LogP contribution in [0.1, 0.15) is 18.1 Å². The van der Waals surface area contributed by atoms with Gasteiger partial charge in [0.05, 0.1) is 0 Å². The number of nitrogens with zero attached hydrogens (tertiary/aromatic N) is 4. The molecule has 0 spiro atoms. The molecule has 3 aromatic rings. The van der Waals surface area contributed by atoms with Crippen molar-refractivity contribution in [1.82, 2.24) is 14.9 Å². The first kappa shape index (κ1) is 17.7. The highest BCUT2D eigenvalue weighted by molar-refractivity contribution is 5.57. The normalized spacial score (nSPS) is 15.1. The third kappa shape index (κ3) is 4.34. The van der Waals surface area contributed by atoms with Gasteiger partial charge in [-0.05, 0) is 23.6 Å². The highest BCUT2D eigenvalue weighted by atomic mass is 15.3. The lowest BCUT2D eigenvalue weighted by molar-refractivity contribution is 0.249. The van der Waals surface area contributed by atoms with E-state index in [0.29, 0.717) is 0 Å². The van der Waals surface area contributed by atoms with Gasteiger partial charge in [0.2, 0.25) is 0 Å². The Morgan fingerprint density at radius 2 is 1.52 bits per heavy atom. The van der Waals surface area contributed by atoms with E-state index >= 15 is 0 Å². The summed E-state index contributed by atoms with van der Waals surface area (Å²) in [6.07, 6.45) is 2.97. The molecule has 4 heteroatoms. The first-order chi connectivity index (χ1) is 13.3. The molecule has 0 bridgehead atoms. The molecular formula is C23H26N4. The molecule has 2 aromatic carbocycles. The van der Waals surface area contributed by atoms with Crippen molar-refractivity contribution in [1.29, 1.82) is 0 Å². The minimum atomic E-state index is 0.798. The van der Waals surface area contributed by atoms with Crippen molar-refractivity contribution in [3.8, 4) is 11.4 Å². The van der Waals surface area contributed by atoms with E-state index < -0.39 is 0 Å². The number of rotatable bonds is 5. The molecule has 1 aliphatic rings. The minimum Gasteiger partial charge on any atom is -0.354 e. The molecule has 4 rings (SSSR count). The van der Waals surface area contributed by atoms with Crippen molar-refractivity contribution in [2.24, 2.45) is 0 Å². The van der Waals surface area contributed by atoms with Gasteiger partial charge in [-0.15, -0.1) is 0 Å². The molecule has 1 saturated heterocycles. The Morgan fingerprint density at radius 3 is 2.22 bits per heavy atom. The smallest absolute Gasteiger partial charge is 0.161 e. The number of aryl methyl sites for hydroxylation is 1. The van der Waals surface area contributed by atoms with Crippen LogP contribution in [0.15, 0.2) is 66.9 Å². The van der Waals surface area contributed by atoms with Gasteiger partial charge >= 0.3 is 0 Å². The Hall–Kier alpha value is -2.72. The van der Waals surface area contributed by atoms with E-state index in [0.717, 1.165) is 56.4 Å². The van der Waals surface area contributed by atoms with E-state index in [1.807, 2.05) is 30.5 Å². The van der Waals surface area contributed by atoms with Gasteiger partial charge in [0.25, 0.3) is 0 Å². The summed E-state index contributed by atoms with van der Waals surface area (Å²) < 4.78 is 0. The van der Waals surface area contributed by atoms with Crippen LogP contribution < -0.4 is 4.90 Å². The molecule has 0 amide bonds. The van der Waals surface area contributed by atoms with Gasteiger partial charge in [-0.2, -0.15) is 0 Å². The first-order valence-corrected chi connectivity index (χ1v) is 9.75. The predicted octanol–water partition coefficient (Wildman–Crippen LogP) is 4.03. The maximum Gasteiger partial charge on any atom is 0.161 e. The molecule has 0 unspecified atom stereocenters. The molecule has 1 fully saturated rings. The van der Waals surface area contributed by atoms with Crippen LogP contribution in [0, 0.1) is 0 Å². The van der Waals surface area contributed by atoms with Crippen molar-refractivity contribution < 1.29 is 0 Å². The summed E-state index contributed by atoms with van der Waals surface area (Å²) in [7, 11) is 0. The number of hydrogen-bond acceptors (Lipinski definition) is 4. The van der Waals surface area contributed by atoms with Crippen LogP contribution in [-0.4, -0.2) is 41.0 Å². The van der Waals surface area contributed by atoms with Crippen molar-refractivity contribution in [2.45, 2.75) is 19.9 Å². The fourth-order valence-corrected chi connectivity index (χ4v) is 3.53. The maximum absolute atomic E-state index is 4.79. The topological polar surface area (TPSA) is 32.3 Å². The zero-order valence-corrected chi connectivity index (χ0v) is 15.9. The molecule has 27 heavy (non-hydrogen) atoms. The van der Waals surface area contributed by atoms with Crippen molar-refractivity contribution in [2.75, 3.05) is 31.1 Å². The summed E-state index contributed by atoms with van der Waals surface area (Å²) in [6.45, 7) is 7.33. The van der Waals surface area contributed by atoms with Crippen LogP contribution in [0.2, 0.25) is 0 Å². The standard InChI is InChI=1S/C23H26N4/c1-2-19-8-10-20(11-9-19)18-26-14-16-27(17-15-26)22-12-13-24-23(25-22)21-6-4-3-5-7-21/h3-13H,2,14-18H2,1H3. The number of benzene rings is 2. The summed E-state index contributed by atoms with van der Waals surface area (Å²) in [5.41, 5.74) is 3.86. The quantitative estimate of drug-likeness (QED) is 0.689. The number of piperazine rings is 1. The summed E-state index contributed by atoms with van der Waals surface area (Å²) in [4.78, 5) is 14.1. The zero-order chi connectivity index (χ0) is 18.5. The lowest BCUT2D eigenvalue weighted by atomic mass is 10.1. The Kier molecular flexibility index (Phi) is 5.45. The summed E-state index contributed by atoms with van der Waals surface area (Å²) >= 11 is 0. The molecule has 0 atom stereocenters. The van der Waals surface area contributed by atoms with E-state index in [9.17, 15) is 0 Å². The lowest BCUT2D eigenvalue weighted by Crippen LogP contribution is -2.46. The van der Waals surface area contributed by atoms with E-state index in [2.05, 4.69) is 58.1 Å². The average molecular weight is 358 g/mol. The molecule has 0 N–H and O–H groups in total. The van der Waals surface area contributed by atoms with E-state index in [4.69, 9.17) is 4.98 Å². The molecular weight excluding hydrogens is 332 g/mol. The van der Waals surface area contributed by atoms with E-state index in [-0.39, 0.29) is 0 Å². The summed E-state index contributed by atoms with van der Waals surface area (Å²) in [6, 6.07) is 21.2. The van der Waals surface area contributed by atoms with Crippen LogP contribution in [-0.2, 0) is 13.0 Å². The molecule has 0 aliphatic carbocycles. The third-order valence-electron chi connectivity index (χ3n) is 5.21. The summed E-state index contributed by atoms with van der Waals surface area (Å²) in [5, 5.41) is 0. The minimum absolute atomic E-state index is 0.798. The van der Waals surface area contributed by atoms with Gasteiger partial charge < -0.3 is 4.90 Å². The van der Waals surface area contributed by atoms with Gasteiger partial charge in [-0.1, -0.05) is 61.5 Å². The SMILES string of the molecule is CCc1ccc(CN2CCN(c3ccnc(-c4ccccc4)n3)CC2)cc1. The molecule has 138 valence electrons. The van der Waals surface area contributed by atoms with Crippen LogP contribution >= 0.6 is 0 Å².